The van der Waals surface area contributed by atoms with Crippen LogP contribution in [-0.2, 0) is 16.5 Å². The average Bonchev–Trinajstić information content (AvgIpc) is 1.60. The van der Waals surface area contributed by atoms with Crippen molar-refractivity contribution in [2.75, 3.05) is 0 Å². The van der Waals surface area contributed by atoms with Crippen LogP contribution in [0.3, 0.4) is 0 Å². The normalized spacial score (nSPS) is 12.4. The number of rotatable bonds is 11. The summed E-state index contributed by atoms with van der Waals surface area (Å²) in [6.07, 6.45) is 21.6. The molecule has 0 amide bonds. The van der Waals surface area contributed by atoms with Crippen molar-refractivity contribution in [1.29, 1.82) is 0 Å². The Balaban J connectivity index is 0.00000760. The topological polar surface area (TPSA) is 111 Å². The predicted octanol–water partition coefficient (Wildman–Crippen LogP) is 22.8. The Kier molecular flexibility index (Phi) is 16.3. The summed E-state index contributed by atoms with van der Waals surface area (Å²) in [6, 6.07) is 101. The van der Waals surface area contributed by atoms with Crippen LogP contribution in [0.25, 0.3) is 181 Å². The summed E-state index contributed by atoms with van der Waals surface area (Å²) in [6.45, 7) is 0. The molecule has 0 radical (unpaired) electrons. The van der Waals surface area contributed by atoms with Gasteiger partial charge in [0.1, 0.15) is 0 Å². The second-order valence-electron chi connectivity index (χ2n) is 25.0. The van der Waals surface area contributed by atoms with Gasteiger partial charge in [0.15, 0.2) is 0 Å². The fourth-order valence-electron chi connectivity index (χ4n) is 14.3. The van der Waals surface area contributed by atoms with E-state index in [0.717, 1.165) is 190 Å². The van der Waals surface area contributed by atoms with E-state index in [1.807, 2.05) is 12.1 Å². The van der Waals surface area contributed by atoms with Crippen LogP contribution in [0.1, 0.15) is 45.6 Å². The second kappa shape index (κ2) is 26.7. The van der Waals surface area contributed by atoms with Crippen molar-refractivity contribution in [3.05, 3.63) is 361 Å². The van der Waals surface area contributed by atoms with Gasteiger partial charge in [-0.05, 0) is 127 Å². The van der Waals surface area contributed by atoms with E-state index in [4.69, 9.17) is 29.9 Å². The Labute approximate surface area is 594 Å². The number of allylic oxidation sites excluding steroid dienone is 6. The fraction of sp³-hybridized carbons (Fsp3) is 0. The second-order valence-corrected chi connectivity index (χ2v) is 25.0. The fourth-order valence-corrected chi connectivity index (χ4v) is 14.3. The van der Waals surface area contributed by atoms with Crippen LogP contribution in [0, 0.1) is 0 Å². The van der Waals surface area contributed by atoms with Gasteiger partial charge in [-0.1, -0.05) is 291 Å². The molecule has 16 bridgehead atoms. The Bertz CT molecular complexity index is 5710. The summed E-state index contributed by atoms with van der Waals surface area (Å²) in [5.74, 6) is 0. The molecule has 0 fully saturated rings. The molecule has 478 valence electrons. The van der Waals surface area contributed by atoms with Gasteiger partial charge >= 0.3 is 16.5 Å². The van der Waals surface area contributed by atoms with Crippen molar-refractivity contribution in [3.8, 4) is 89.0 Å². The number of fused-ring (bicyclic) bond motifs is 16. The number of nitrogens with zero attached hydrogens (tertiary/aromatic N) is 6. The molecule has 0 spiro atoms. The zero-order valence-electron chi connectivity index (χ0n) is 54.5. The Morgan fingerprint density at radius 1 is 0.228 bits per heavy atom. The summed E-state index contributed by atoms with van der Waals surface area (Å²) < 4.78 is 0. The maximum atomic E-state index is 5.84. The van der Waals surface area contributed by atoms with Crippen LogP contribution >= 0.6 is 0 Å². The molecule has 0 aliphatic carbocycles. The zero-order valence-corrected chi connectivity index (χ0v) is 55.5. The summed E-state index contributed by atoms with van der Waals surface area (Å²) in [4.78, 5) is 41.7. The molecular formula is C92H60N8Ni. The number of H-pyrrole nitrogens is 2. The Hall–Kier alpha value is -13.1. The molecule has 10 heterocycles. The average molecular weight is 1340 g/mol. The summed E-state index contributed by atoms with van der Waals surface area (Å²) in [7, 11) is 0. The van der Waals surface area contributed by atoms with Crippen LogP contribution in [0.4, 0.5) is 0 Å². The van der Waals surface area contributed by atoms with Crippen molar-refractivity contribution in [1.82, 2.24) is 39.9 Å². The van der Waals surface area contributed by atoms with E-state index in [1.54, 1.807) is 0 Å². The van der Waals surface area contributed by atoms with E-state index in [-0.39, 0.29) is 16.5 Å². The van der Waals surface area contributed by atoms with Gasteiger partial charge in [-0.25, -0.2) is 19.9 Å². The van der Waals surface area contributed by atoms with Crippen LogP contribution in [0.2, 0.25) is 0 Å². The molecule has 14 aromatic rings. The molecule has 101 heavy (non-hydrogen) atoms. The molecule has 0 unspecified atom stereocenters. The molecule has 6 aromatic heterocycles. The minimum Gasteiger partial charge on any atom is -0.657 e. The largest absolute Gasteiger partial charge is 2.00 e. The monoisotopic (exact) mass is 1330 g/mol. The third kappa shape index (κ3) is 11.7. The molecule has 0 saturated heterocycles. The Morgan fingerprint density at radius 3 is 0.802 bits per heavy atom. The first-order valence-electron chi connectivity index (χ1n) is 33.7. The van der Waals surface area contributed by atoms with Crippen LogP contribution in [0.15, 0.2) is 315 Å². The van der Waals surface area contributed by atoms with Crippen LogP contribution < -0.4 is 9.97 Å². The number of aromatic nitrogens is 8. The first kappa shape index (κ1) is 61.5. The molecule has 0 saturated carbocycles. The molecule has 4 aliphatic rings. The van der Waals surface area contributed by atoms with E-state index in [9.17, 15) is 0 Å². The minimum atomic E-state index is 0. The molecule has 8 nitrogen and oxygen atoms in total. The quantitative estimate of drug-likeness (QED) is 0.0986. The van der Waals surface area contributed by atoms with Gasteiger partial charge in [0.25, 0.3) is 0 Å². The summed E-state index contributed by atoms with van der Waals surface area (Å²) in [5, 5.41) is 0. The van der Waals surface area contributed by atoms with Crippen molar-refractivity contribution in [2.24, 2.45) is 0 Å². The van der Waals surface area contributed by atoms with Crippen LogP contribution in [0.5, 0.6) is 0 Å². The van der Waals surface area contributed by atoms with Gasteiger partial charge in [-0.2, -0.15) is 0 Å². The SMILES string of the molecule is C1=Cc2nc1c(-c1ccccc1)c1ccc([n-]1)c(-c1ccccc1)c1nc(c(-c3ccccc3)c3ccc([n-]3)c2-c2ccccc2)C(/C=C/C=C/C2=Cc3nc2c(-c2ccccc2)c2ccc([nH]2)c(-c2ccccc2)c2nc(c(-c4ccccc4)c4ccc([nH]4)c3-c3ccccc3)C=C2)=C1.[Ni+2]. The first-order valence-corrected chi connectivity index (χ1v) is 33.7. The first-order chi connectivity index (χ1) is 49.6. The third-order valence-corrected chi connectivity index (χ3v) is 18.8. The van der Waals surface area contributed by atoms with Crippen LogP contribution in [-0.4, -0.2) is 29.9 Å². The number of hydrogen-bond donors (Lipinski definition) is 2. The molecule has 8 aromatic carbocycles. The van der Waals surface area contributed by atoms with Gasteiger partial charge < -0.3 is 19.9 Å². The van der Waals surface area contributed by atoms with Gasteiger partial charge in [-0.3, -0.25) is 0 Å². The number of nitrogens with one attached hydrogen (secondary N) is 2. The molecular weight excluding hydrogens is 1280 g/mol. The van der Waals surface area contributed by atoms with E-state index >= 15 is 0 Å². The molecule has 2 N–H and O–H groups in total. The smallest absolute Gasteiger partial charge is 0.657 e. The number of aromatic amines is 2. The molecule has 0 atom stereocenters. The van der Waals surface area contributed by atoms with E-state index in [2.05, 4.69) is 350 Å². The van der Waals surface area contributed by atoms with Crippen molar-refractivity contribution >= 4 is 91.7 Å². The van der Waals surface area contributed by atoms with Gasteiger partial charge in [-0.15, -0.1) is 22.1 Å². The van der Waals surface area contributed by atoms with E-state index < -0.39 is 0 Å². The molecule has 9 heteroatoms. The van der Waals surface area contributed by atoms with E-state index in [0.29, 0.717) is 0 Å². The van der Waals surface area contributed by atoms with Crippen molar-refractivity contribution in [2.45, 2.75) is 0 Å². The zero-order chi connectivity index (χ0) is 66.3. The third-order valence-electron chi connectivity index (χ3n) is 18.8. The number of benzene rings is 8. The van der Waals surface area contributed by atoms with Gasteiger partial charge in [0.2, 0.25) is 0 Å². The van der Waals surface area contributed by atoms with Gasteiger partial charge in [0, 0.05) is 55.5 Å². The maximum Gasteiger partial charge on any atom is 2.00 e. The summed E-state index contributed by atoms with van der Waals surface area (Å²) in [5.41, 5.74) is 30.9. The maximum absolute atomic E-state index is 5.84. The molecule has 18 rings (SSSR count). The van der Waals surface area contributed by atoms with Crippen molar-refractivity contribution in [3.63, 3.8) is 0 Å². The summed E-state index contributed by atoms with van der Waals surface area (Å²) >= 11 is 0. The van der Waals surface area contributed by atoms with Gasteiger partial charge in [0.05, 0.1) is 45.6 Å². The van der Waals surface area contributed by atoms with Crippen molar-refractivity contribution < 1.29 is 16.5 Å². The Morgan fingerprint density at radius 2 is 0.465 bits per heavy atom. The predicted molar refractivity (Wildman–Crippen MR) is 415 cm³/mol. The molecule has 4 aliphatic heterocycles. The number of hydrogen-bond acceptors (Lipinski definition) is 4. The standard InChI is InChI=1S/C92H60N8.Ni/c1-9-27-59(28-10-1)83-69-45-47-71(93-69)85(61-31-13-3-14-32-61)75-53-55-79(97-75)89(65-39-21-7-22-40-65)91-67(57-81(99-91)87(63-35-17-5-18-36-63)77-51-49-73(83)95-77)43-25-26-44-68-58-82-88(64-37-19-6-20-38-64)78-52-50-74(96-78)84(60-29-11-2-12-30-60)70-46-48-72(94-70)86(62-33-15-4-16-34-62)76-54-56-80(98-76)90(92(68)100-82)66-41-23-8-24-42-66;/h1-58,95,97H;/q-2;+2/b43-25+,44-26+,83-69?,83-73?,84-70?,84-74?,85-71?,85-75?,86-72?,86-76?,87-77?,87-81?,88-78?,88-82?,89-79?,90-80?,91-89?,92-90?;. The minimum absolute atomic E-state index is 0. The van der Waals surface area contributed by atoms with E-state index in [1.165, 1.54) is 0 Å².